The van der Waals surface area contributed by atoms with E-state index < -0.39 is 0 Å². The van der Waals surface area contributed by atoms with Crippen LogP contribution in [0.5, 0.6) is 0 Å². The molecule has 0 saturated carbocycles. The average molecular weight is 277 g/mol. The lowest BCUT2D eigenvalue weighted by Gasteiger charge is -2.10. The maximum Gasteiger partial charge on any atom is 0.163 e. The fraction of sp³-hybridized carbons (Fsp3) is 0.0625. The molecule has 3 N–H and O–H groups in total. The molecule has 0 aliphatic rings. The average Bonchev–Trinajstić information content (AvgIpc) is 2.51. The highest BCUT2D eigenvalue weighted by Crippen LogP contribution is 2.22. The van der Waals surface area contributed by atoms with E-state index in [-0.39, 0.29) is 0 Å². The molecule has 0 amide bonds. The van der Waals surface area contributed by atoms with E-state index >= 15 is 0 Å². The number of pyridine rings is 1. The van der Waals surface area contributed by atoms with Gasteiger partial charge < -0.3 is 11.1 Å². The van der Waals surface area contributed by atoms with Gasteiger partial charge in [0, 0.05) is 35.5 Å². The van der Waals surface area contributed by atoms with Crippen LogP contribution < -0.4 is 11.1 Å². The summed E-state index contributed by atoms with van der Waals surface area (Å²) >= 11 is 0. The summed E-state index contributed by atoms with van der Waals surface area (Å²) in [5, 5.41) is 3.28. The number of aromatic nitrogens is 3. The van der Waals surface area contributed by atoms with Gasteiger partial charge in [0.15, 0.2) is 5.82 Å². The molecule has 2 heterocycles. The number of rotatable bonds is 3. The predicted octanol–water partition coefficient (Wildman–Crippen LogP) is 3.17. The molecule has 0 saturated heterocycles. The number of hydrogen-bond acceptors (Lipinski definition) is 5. The van der Waals surface area contributed by atoms with Gasteiger partial charge in [-0.3, -0.25) is 4.98 Å². The van der Waals surface area contributed by atoms with E-state index in [1.54, 1.807) is 18.6 Å². The number of anilines is 3. The number of nitrogen functional groups attached to an aromatic ring is 1. The Morgan fingerprint density at radius 2 is 2.00 bits per heavy atom. The number of benzene rings is 1. The summed E-state index contributed by atoms with van der Waals surface area (Å²) in [5.74, 6) is 1.37. The van der Waals surface area contributed by atoms with Gasteiger partial charge in [-0.1, -0.05) is 0 Å². The van der Waals surface area contributed by atoms with E-state index in [1.165, 1.54) is 0 Å². The normalized spacial score (nSPS) is 10.3. The third-order valence-corrected chi connectivity index (χ3v) is 3.09. The summed E-state index contributed by atoms with van der Waals surface area (Å²) in [7, 11) is 0. The first-order chi connectivity index (χ1) is 10.2. The summed E-state index contributed by atoms with van der Waals surface area (Å²) in [6.07, 6.45) is 5.20. The van der Waals surface area contributed by atoms with Crippen molar-refractivity contribution in [2.45, 2.75) is 6.92 Å². The van der Waals surface area contributed by atoms with Crippen molar-refractivity contribution in [3.05, 3.63) is 60.6 Å². The molecule has 0 spiro atoms. The third-order valence-electron chi connectivity index (χ3n) is 3.09. The first kappa shape index (κ1) is 13.1. The second kappa shape index (κ2) is 5.58. The largest absolute Gasteiger partial charge is 0.399 e. The zero-order chi connectivity index (χ0) is 14.7. The van der Waals surface area contributed by atoms with E-state index in [2.05, 4.69) is 20.3 Å². The molecular weight excluding hydrogens is 262 g/mol. The Labute approximate surface area is 122 Å². The summed E-state index contributed by atoms with van der Waals surface area (Å²) in [6.45, 7) is 2.00. The molecule has 0 aliphatic carbocycles. The molecule has 3 aromatic rings. The molecular formula is C16H15N5. The van der Waals surface area contributed by atoms with Crippen molar-refractivity contribution in [2.75, 3.05) is 11.1 Å². The second-order valence-electron chi connectivity index (χ2n) is 4.71. The van der Waals surface area contributed by atoms with Crippen LogP contribution in [0, 0.1) is 6.92 Å². The molecule has 1 aromatic carbocycles. The van der Waals surface area contributed by atoms with Crippen molar-refractivity contribution in [3.8, 4) is 11.4 Å². The van der Waals surface area contributed by atoms with Crippen molar-refractivity contribution in [1.82, 2.24) is 15.0 Å². The van der Waals surface area contributed by atoms with Crippen LogP contribution in [0.1, 0.15) is 5.56 Å². The second-order valence-corrected chi connectivity index (χ2v) is 4.71. The highest BCUT2D eigenvalue weighted by molar-refractivity contribution is 5.65. The minimum absolute atomic E-state index is 0.640. The minimum Gasteiger partial charge on any atom is -0.399 e. The molecule has 0 unspecified atom stereocenters. The quantitative estimate of drug-likeness (QED) is 0.719. The van der Waals surface area contributed by atoms with Gasteiger partial charge in [-0.25, -0.2) is 9.97 Å². The zero-order valence-corrected chi connectivity index (χ0v) is 11.6. The van der Waals surface area contributed by atoms with Gasteiger partial charge in [0.1, 0.15) is 5.82 Å². The molecule has 0 fully saturated rings. The van der Waals surface area contributed by atoms with Gasteiger partial charge in [0.25, 0.3) is 0 Å². The lowest BCUT2D eigenvalue weighted by molar-refractivity contribution is 1.16. The minimum atomic E-state index is 0.640. The lowest BCUT2D eigenvalue weighted by atomic mass is 10.2. The first-order valence-electron chi connectivity index (χ1n) is 6.59. The Hall–Kier alpha value is -2.95. The van der Waals surface area contributed by atoms with Crippen molar-refractivity contribution in [1.29, 1.82) is 0 Å². The maximum absolute atomic E-state index is 5.76. The molecule has 0 atom stereocenters. The number of nitrogens with zero attached hydrogens (tertiary/aromatic N) is 3. The lowest BCUT2D eigenvalue weighted by Crippen LogP contribution is -1.99. The van der Waals surface area contributed by atoms with E-state index in [0.717, 1.165) is 28.3 Å². The Kier molecular flexibility index (Phi) is 3.47. The number of hydrogen-bond donors (Lipinski definition) is 2. The van der Waals surface area contributed by atoms with Crippen LogP contribution in [0.4, 0.5) is 17.2 Å². The van der Waals surface area contributed by atoms with Gasteiger partial charge in [0.05, 0.1) is 0 Å². The molecule has 5 heteroatoms. The fourth-order valence-corrected chi connectivity index (χ4v) is 2.03. The predicted molar refractivity (Wildman–Crippen MR) is 84.1 cm³/mol. The summed E-state index contributed by atoms with van der Waals surface area (Å²) < 4.78 is 0. The molecule has 3 rings (SSSR count). The Balaban J connectivity index is 1.90. The van der Waals surface area contributed by atoms with E-state index in [1.807, 2.05) is 43.3 Å². The Morgan fingerprint density at radius 1 is 1.10 bits per heavy atom. The first-order valence-corrected chi connectivity index (χ1v) is 6.59. The van der Waals surface area contributed by atoms with Crippen LogP contribution in [0.3, 0.4) is 0 Å². The topological polar surface area (TPSA) is 76.7 Å². The van der Waals surface area contributed by atoms with Crippen molar-refractivity contribution in [2.24, 2.45) is 0 Å². The van der Waals surface area contributed by atoms with Crippen molar-refractivity contribution >= 4 is 17.2 Å². The molecule has 104 valence electrons. The molecule has 2 aromatic heterocycles. The number of nitrogens with two attached hydrogens (primary N) is 1. The number of aryl methyl sites for hydroxylation is 1. The van der Waals surface area contributed by atoms with Crippen LogP contribution in [0.2, 0.25) is 0 Å². The fourth-order valence-electron chi connectivity index (χ4n) is 2.03. The smallest absolute Gasteiger partial charge is 0.163 e. The standard InChI is InChI=1S/C16H15N5/c1-11-9-13(17)4-5-14(11)20-15-6-8-19-16(21-15)12-3-2-7-18-10-12/h2-10H,17H2,1H3,(H,19,20,21). The monoisotopic (exact) mass is 277 g/mol. The van der Waals surface area contributed by atoms with E-state index in [0.29, 0.717) is 5.82 Å². The highest BCUT2D eigenvalue weighted by Gasteiger charge is 2.04. The summed E-state index contributed by atoms with van der Waals surface area (Å²) in [6, 6.07) is 11.3. The summed E-state index contributed by atoms with van der Waals surface area (Å²) in [4.78, 5) is 12.9. The Morgan fingerprint density at radius 3 is 2.76 bits per heavy atom. The molecule has 0 aliphatic heterocycles. The van der Waals surface area contributed by atoms with Gasteiger partial charge in [-0.15, -0.1) is 0 Å². The molecule has 0 bridgehead atoms. The molecule has 5 nitrogen and oxygen atoms in total. The van der Waals surface area contributed by atoms with Crippen LogP contribution in [-0.2, 0) is 0 Å². The van der Waals surface area contributed by atoms with Gasteiger partial charge in [0.2, 0.25) is 0 Å². The zero-order valence-electron chi connectivity index (χ0n) is 11.6. The van der Waals surface area contributed by atoms with Crippen LogP contribution in [0.25, 0.3) is 11.4 Å². The van der Waals surface area contributed by atoms with Gasteiger partial charge >= 0.3 is 0 Å². The SMILES string of the molecule is Cc1cc(N)ccc1Nc1ccnc(-c2cccnc2)n1. The van der Waals surface area contributed by atoms with Gasteiger partial charge in [-0.2, -0.15) is 0 Å². The third kappa shape index (κ3) is 2.97. The van der Waals surface area contributed by atoms with E-state index in [4.69, 9.17) is 5.73 Å². The van der Waals surface area contributed by atoms with E-state index in [9.17, 15) is 0 Å². The highest BCUT2D eigenvalue weighted by atomic mass is 15.0. The van der Waals surface area contributed by atoms with Gasteiger partial charge in [-0.05, 0) is 48.9 Å². The summed E-state index contributed by atoms with van der Waals surface area (Å²) in [5.41, 5.74) is 9.43. The van der Waals surface area contributed by atoms with Crippen molar-refractivity contribution in [3.63, 3.8) is 0 Å². The van der Waals surface area contributed by atoms with Crippen LogP contribution in [0.15, 0.2) is 55.0 Å². The maximum atomic E-state index is 5.76. The van der Waals surface area contributed by atoms with Crippen molar-refractivity contribution < 1.29 is 0 Å². The van der Waals surface area contributed by atoms with Crippen LogP contribution >= 0.6 is 0 Å². The molecule has 21 heavy (non-hydrogen) atoms. The Bertz CT molecular complexity index is 756. The van der Waals surface area contributed by atoms with Crippen LogP contribution in [-0.4, -0.2) is 15.0 Å². The molecule has 0 radical (unpaired) electrons. The number of nitrogens with one attached hydrogen (secondary N) is 1.